The quantitative estimate of drug-likeness (QED) is 0.391. The largest absolute Gasteiger partial charge is 0.460 e. The maximum atomic E-state index is 12.4. The molecular weight excluding hydrogens is 476 g/mol. The Morgan fingerprint density at radius 1 is 1.03 bits per heavy atom. The molecule has 1 atom stereocenters. The van der Waals surface area contributed by atoms with Crippen LogP contribution in [0.4, 0.5) is 4.79 Å². The van der Waals surface area contributed by atoms with Gasteiger partial charge in [-0.2, -0.15) is 0 Å². The summed E-state index contributed by atoms with van der Waals surface area (Å²) in [6, 6.07) is 7.35. The average Bonchev–Trinajstić information content (AvgIpc) is 3.16. The van der Waals surface area contributed by atoms with Gasteiger partial charge in [0, 0.05) is 38.3 Å². The van der Waals surface area contributed by atoms with Gasteiger partial charge in [0.2, 0.25) is 5.82 Å². The number of carbonyl (C=O) groups excluding carboxylic acids is 3. The number of nitrogens with one attached hydrogen (secondary N) is 1. The van der Waals surface area contributed by atoms with Crippen molar-refractivity contribution in [3.05, 3.63) is 41.9 Å². The lowest BCUT2D eigenvalue weighted by Gasteiger charge is -2.24. The van der Waals surface area contributed by atoms with Gasteiger partial charge in [-0.25, -0.2) is 14.8 Å². The van der Waals surface area contributed by atoms with Crippen molar-refractivity contribution >= 4 is 18.0 Å². The minimum absolute atomic E-state index is 0.163. The minimum Gasteiger partial charge on any atom is -0.460 e. The van der Waals surface area contributed by atoms with Crippen LogP contribution in [0.2, 0.25) is 0 Å². The molecule has 0 saturated heterocycles. The standard InChI is InChI=1S/C27H40N4O6/c1-26(2,3)36-22(32)15-14-20(28-25(34)37-27(4,5)6)16-18-10-12-19(13-11-18)21-17-30(7)23(29-21)24(33)31(8)35-9/h10-13,17,20H,14-16H2,1-9H3,(H,28,34)/t20-/m1/s1. The van der Waals surface area contributed by atoms with Gasteiger partial charge in [0.15, 0.2) is 0 Å². The summed E-state index contributed by atoms with van der Waals surface area (Å²) in [5.74, 6) is -0.417. The van der Waals surface area contributed by atoms with Crippen molar-refractivity contribution in [2.45, 2.75) is 78.0 Å². The molecule has 1 aromatic carbocycles. The molecule has 0 fully saturated rings. The van der Waals surface area contributed by atoms with Gasteiger partial charge in [-0.05, 0) is 59.9 Å². The van der Waals surface area contributed by atoms with Crippen LogP contribution in [0.5, 0.6) is 0 Å². The van der Waals surface area contributed by atoms with Crippen molar-refractivity contribution in [3.63, 3.8) is 0 Å². The fraction of sp³-hybridized carbons (Fsp3) is 0.556. The molecule has 0 saturated carbocycles. The van der Waals surface area contributed by atoms with E-state index >= 15 is 0 Å². The summed E-state index contributed by atoms with van der Waals surface area (Å²) in [5, 5.41) is 4.00. The molecule has 0 aliphatic heterocycles. The molecule has 0 radical (unpaired) electrons. The lowest BCUT2D eigenvalue weighted by atomic mass is 10.00. The second kappa shape index (κ2) is 12.2. The molecular formula is C27H40N4O6. The van der Waals surface area contributed by atoms with Gasteiger partial charge in [0.1, 0.15) is 11.2 Å². The Morgan fingerprint density at radius 2 is 1.62 bits per heavy atom. The van der Waals surface area contributed by atoms with E-state index in [0.29, 0.717) is 18.5 Å². The predicted octanol–water partition coefficient (Wildman–Crippen LogP) is 4.28. The zero-order chi connectivity index (χ0) is 28.0. The van der Waals surface area contributed by atoms with E-state index < -0.39 is 17.3 Å². The Hall–Kier alpha value is -3.40. The van der Waals surface area contributed by atoms with Crippen LogP contribution in [0.25, 0.3) is 11.3 Å². The van der Waals surface area contributed by atoms with Crippen LogP contribution in [0.3, 0.4) is 0 Å². The van der Waals surface area contributed by atoms with Crippen LogP contribution >= 0.6 is 0 Å². The summed E-state index contributed by atoms with van der Waals surface area (Å²) in [5.41, 5.74) is 1.23. The molecule has 0 aliphatic carbocycles. The van der Waals surface area contributed by atoms with Crippen LogP contribution in [-0.2, 0) is 32.6 Å². The highest BCUT2D eigenvalue weighted by molar-refractivity contribution is 5.90. The summed E-state index contributed by atoms with van der Waals surface area (Å²) in [6.45, 7) is 10.8. The van der Waals surface area contributed by atoms with Crippen LogP contribution in [0.1, 0.15) is 70.6 Å². The monoisotopic (exact) mass is 516 g/mol. The molecule has 10 nitrogen and oxygen atoms in total. The number of nitrogens with zero attached hydrogens (tertiary/aromatic N) is 3. The number of benzene rings is 1. The Labute approximate surface area is 219 Å². The first-order valence-corrected chi connectivity index (χ1v) is 12.2. The maximum absolute atomic E-state index is 12.4. The first kappa shape index (κ1) is 29.8. The molecule has 0 aliphatic rings. The van der Waals surface area contributed by atoms with E-state index in [-0.39, 0.29) is 30.2 Å². The lowest BCUT2D eigenvalue weighted by molar-refractivity contribution is -0.155. The van der Waals surface area contributed by atoms with Crippen molar-refractivity contribution in [1.82, 2.24) is 19.9 Å². The summed E-state index contributed by atoms with van der Waals surface area (Å²) in [7, 11) is 4.69. The third-order valence-electron chi connectivity index (χ3n) is 5.20. The van der Waals surface area contributed by atoms with Crippen LogP contribution in [0.15, 0.2) is 30.5 Å². The zero-order valence-electron chi connectivity index (χ0n) is 23.4. The van der Waals surface area contributed by atoms with Crippen molar-refractivity contribution < 1.29 is 28.7 Å². The van der Waals surface area contributed by atoms with E-state index in [2.05, 4.69) is 10.3 Å². The fourth-order valence-electron chi connectivity index (χ4n) is 3.51. The highest BCUT2D eigenvalue weighted by atomic mass is 16.7. The maximum Gasteiger partial charge on any atom is 0.407 e. The van der Waals surface area contributed by atoms with E-state index in [4.69, 9.17) is 14.3 Å². The third kappa shape index (κ3) is 9.87. The highest BCUT2D eigenvalue weighted by Crippen LogP contribution is 2.21. The zero-order valence-corrected chi connectivity index (χ0v) is 23.4. The molecule has 2 aromatic rings. The van der Waals surface area contributed by atoms with E-state index in [1.165, 1.54) is 14.2 Å². The van der Waals surface area contributed by atoms with Gasteiger partial charge in [-0.15, -0.1) is 0 Å². The minimum atomic E-state index is -0.636. The normalized spacial score (nSPS) is 12.6. The van der Waals surface area contributed by atoms with Gasteiger partial charge in [0.05, 0.1) is 12.8 Å². The van der Waals surface area contributed by atoms with Gasteiger partial charge in [-0.1, -0.05) is 24.3 Å². The smallest absolute Gasteiger partial charge is 0.407 e. The van der Waals surface area contributed by atoms with Gasteiger partial charge in [0.25, 0.3) is 0 Å². The number of hydrogen-bond acceptors (Lipinski definition) is 7. The van der Waals surface area contributed by atoms with Gasteiger partial charge >= 0.3 is 18.0 Å². The number of amides is 2. The molecule has 204 valence electrons. The number of imidazole rings is 1. The second-order valence-corrected chi connectivity index (χ2v) is 10.9. The fourth-order valence-corrected chi connectivity index (χ4v) is 3.51. The number of hydrogen-bond donors (Lipinski definition) is 1. The summed E-state index contributed by atoms with van der Waals surface area (Å²) in [6.07, 6.45) is 2.29. The number of ether oxygens (including phenoxy) is 2. The molecule has 0 unspecified atom stereocenters. The summed E-state index contributed by atoms with van der Waals surface area (Å²) in [4.78, 5) is 46.5. The number of aromatic nitrogens is 2. The molecule has 0 spiro atoms. The van der Waals surface area contributed by atoms with E-state index in [1.54, 1.807) is 38.6 Å². The SMILES string of the molecule is CON(C)C(=O)c1nc(-c2ccc(C[C@@H](CCC(=O)OC(C)(C)C)NC(=O)OC(C)(C)C)cc2)cn1C. The summed E-state index contributed by atoms with van der Waals surface area (Å²) >= 11 is 0. The first-order valence-electron chi connectivity index (χ1n) is 12.2. The number of esters is 1. The predicted molar refractivity (Wildman–Crippen MR) is 140 cm³/mol. The highest BCUT2D eigenvalue weighted by Gasteiger charge is 2.23. The van der Waals surface area contributed by atoms with E-state index in [1.807, 2.05) is 45.0 Å². The molecule has 2 amide bonds. The number of hydroxylamine groups is 2. The molecule has 1 N–H and O–H groups in total. The van der Waals surface area contributed by atoms with Crippen molar-refractivity contribution in [2.24, 2.45) is 7.05 Å². The Bertz CT molecular complexity index is 1080. The molecule has 2 rings (SSSR count). The van der Waals surface area contributed by atoms with Crippen LogP contribution in [0, 0.1) is 0 Å². The first-order chi connectivity index (χ1) is 17.1. The van der Waals surface area contributed by atoms with Gasteiger partial charge in [-0.3, -0.25) is 14.4 Å². The second-order valence-electron chi connectivity index (χ2n) is 10.9. The topological polar surface area (TPSA) is 112 Å². The van der Waals surface area contributed by atoms with Crippen molar-refractivity contribution in [1.29, 1.82) is 0 Å². The van der Waals surface area contributed by atoms with Crippen LogP contribution < -0.4 is 5.32 Å². The Balaban J connectivity index is 2.15. The summed E-state index contributed by atoms with van der Waals surface area (Å²) < 4.78 is 12.5. The number of aryl methyl sites for hydroxylation is 1. The molecule has 37 heavy (non-hydrogen) atoms. The molecule has 0 bridgehead atoms. The number of rotatable bonds is 9. The number of alkyl carbamates (subject to hydrolysis) is 1. The average molecular weight is 517 g/mol. The number of carbonyl (C=O) groups is 3. The van der Waals surface area contributed by atoms with Crippen LogP contribution in [-0.4, -0.2) is 64.0 Å². The lowest BCUT2D eigenvalue weighted by Crippen LogP contribution is -2.40. The Kier molecular flexibility index (Phi) is 9.86. The van der Waals surface area contributed by atoms with E-state index in [0.717, 1.165) is 16.2 Å². The van der Waals surface area contributed by atoms with Gasteiger partial charge < -0.3 is 19.4 Å². The Morgan fingerprint density at radius 3 is 2.16 bits per heavy atom. The molecule has 10 heteroatoms. The molecule has 1 aromatic heterocycles. The van der Waals surface area contributed by atoms with Crippen molar-refractivity contribution in [3.8, 4) is 11.3 Å². The van der Waals surface area contributed by atoms with E-state index in [9.17, 15) is 14.4 Å². The van der Waals surface area contributed by atoms with Crippen molar-refractivity contribution in [2.75, 3.05) is 14.2 Å². The molecule has 1 heterocycles. The third-order valence-corrected chi connectivity index (χ3v) is 5.20.